The van der Waals surface area contributed by atoms with Gasteiger partial charge in [0, 0.05) is 5.75 Å². The van der Waals surface area contributed by atoms with Crippen LogP contribution < -0.4 is 0 Å². The Morgan fingerprint density at radius 3 is 2.35 bits per heavy atom. The van der Waals surface area contributed by atoms with Crippen LogP contribution in [0.1, 0.15) is 36.5 Å². The van der Waals surface area contributed by atoms with Crippen molar-refractivity contribution in [3.05, 3.63) is 34.9 Å². The number of hydrogen-bond acceptors (Lipinski definition) is 3. The Kier molecular flexibility index (Phi) is 7.24. The lowest BCUT2D eigenvalue weighted by atomic mass is 10.1. The summed E-state index contributed by atoms with van der Waals surface area (Å²) >= 11 is 8.97. The van der Waals surface area contributed by atoms with E-state index < -0.39 is 0 Å². The fourth-order valence-electron chi connectivity index (χ4n) is 1.64. The van der Waals surface area contributed by atoms with Crippen LogP contribution >= 0.6 is 35.7 Å². The minimum atomic E-state index is 1.00. The minimum absolute atomic E-state index is 1.00. The van der Waals surface area contributed by atoms with Gasteiger partial charge in [-0.05, 0) is 31.6 Å². The maximum absolute atomic E-state index is 5.36. The SMILES string of the molecule is CCCCSC(=S)SCc1cc(C)cc(C)c1. The highest BCUT2D eigenvalue weighted by Gasteiger charge is 2.01. The molecule has 0 nitrogen and oxygen atoms in total. The molecule has 0 fully saturated rings. The van der Waals surface area contributed by atoms with E-state index in [0.29, 0.717) is 0 Å². The molecule has 0 saturated heterocycles. The lowest BCUT2D eigenvalue weighted by Crippen LogP contribution is -1.89. The Morgan fingerprint density at radius 1 is 1.12 bits per heavy atom. The standard InChI is InChI=1S/C14H20S3/c1-4-5-6-16-14(15)17-10-13-8-11(2)7-12(3)9-13/h7-9H,4-6,10H2,1-3H3. The van der Waals surface area contributed by atoms with E-state index in [-0.39, 0.29) is 0 Å². The highest BCUT2D eigenvalue weighted by molar-refractivity contribution is 8.46. The smallest absolute Gasteiger partial charge is 0.104 e. The number of aryl methyl sites for hydroxylation is 2. The predicted octanol–water partition coefficient (Wildman–Crippen LogP) is 5.35. The van der Waals surface area contributed by atoms with Crippen LogP contribution in [-0.4, -0.2) is 9.28 Å². The molecule has 0 saturated carbocycles. The van der Waals surface area contributed by atoms with Gasteiger partial charge in [0.2, 0.25) is 0 Å². The van der Waals surface area contributed by atoms with Crippen molar-refractivity contribution in [3.63, 3.8) is 0 Å². The van der Waals surface area contributed by atoms with E-state index in [1.54, 1.807) is 11.8 Å². The van der Waals surface area contributed by atoms with Crippen LogP contribution in [0.15, 0.2) is 18.2 Å². The average molecular weight is 285 g/mol. The molecule has 0 amide bonds. The zero-order chi connectivity index (χ0) is 12.7. The van der Waals surface area contributed by atoms with Crippen LogP contribution in [0.4, 0.5) is 0 Å². The second-order valence-corrected chi connectivity index (χ2v) is 7.51. The molecule has 0 heterocycles. The van der Waals surface area contributed by atoms with Crippen molar-refractivity contribution in [3.8, 4) is 0 Å². The number of benzene rings is 1. The summed E-state index contributed by atoms with van der Waals surface area (Å²) in [6, 6.07) is 6.71. The van der Waals surface area contributed by atoms with E-state index in [1.165, 1.54) is 29.5 Å². The fraction of sp³-hybridized carbons (Fsp3) is 0.500. The van der Waals surface area contributed by atoms with Gasteiger partial charge in [-0.15, -0.1) is 23.5 Å². The Morgan fingerprint density at radius 2 is 1.76 bits per heavy atom. The Hall–Kier alpha value is 0.01000. The number of rotatable bonds is 5. The van der Waals surface area contributed by atoms with Crippen molar-refractivity contribution in [2.45, 2.75) is 39.4 Å². The molecule has 17 heavy (non-hydrogen) atoms. The Bertz CT molecular complexity index is 351. The molecule has 0 aromatic heterocycles. The maximum atomic E-state index is 5.36. The highest BCUT2D eigenvalue weighted by atomic mass is 32.2. The largest absolute Gasteiger partial charge is 0.108 e. The zero-order valence-electron chi connectivity index (χ0n) is 10.8. The molecule has 94 valence electrons. The first kappa shape index (κ1) is 15.1. The van der Waals surface area contributed by atoms with Crippen molar-refractivity contribution in [1.29, 1.82) is 0 Å². The van der Waals surface area contributed by atoms with Crippen LogP contribution in [0.25, 0.3) is 0 Å². The van der Waals surface area contributed by atoms with Crippen molar-refractivity contribution in [1.82, 2.24) is 0 Å². The molecule has 0 N–H and O–H groups in total. The summed E-state index contributed by atoms with van der Waals surface area (Å²) < 4.78 is 1.08. The second kappa shape index (κ2) is 8.17. The maximum Gasteiger partial charge on any atom is 0.104 e. The number of thiocarbonyl (C=S) groups is 1. The first-order valence-corrected chi connectivity index (χ1v) is 8.36. The molecular weight excluding hydrogens is 264 g/mol. The summed E-state index contributed by atoms with van der Waals surface area (Å²) in [7, 11) is 0. The molecule has 0 spiro atoms. The number of thioether (sulfide) groups is 2. The second-order valence-electron chi connectivity index (χ2n) is 4.24. The molecule has 1 aromatic rings. The monoisotopic (exact) mass is 284 g/mol. The normalized spacial score (nSPS) is 10.5. The van der Waals surface area contributed by atoms with Crippen molar-refractivity contribution in [2.24, 2.45) is 0 Å². The van der Waals surface area contributed by atoms with Crippen molar-refractivity contribution < 1.29 is 0 Å². The van der Waals surface area contributed by atoms with Gasteiger partial charge in [0.1, 0.15) is 3.53 Å². The third-order valence-electron chi connectivity index (χ3n) is 2.36. The van der Waals surface area contributed by atoms with E-state index in [0.717, 1.165) is 15.0 Å². The van der Waals surface area contributed by atoms with Gasteiger partial charge in [0.25, 0.3) is 0 Å². The molecule has 0 atom stereocenters. The summed E-state index contributed by atoms with van der Waals surface area (Å²) in [4.78, 5) is 0. The van der Waals surface area contributed by atoms with E-state index in [4.69, 9.17) is 12.2 Å². The predicted molar refractivity (Wildman–Crippen MR) is 87.2 cm³/mol. The van der Waals surface area contributed by atoms with Gasteiger partial charge in [-0.1, -0.05) is 54.9 Å². The van der Waals surface area contributed by atoms with Crippen LogP contribution in [0.5, 0.6) is 0 Å². The van der Waals surface area contributed by atoms with Gasteiger partial charge in [0.05, 0.1) is 0 Å². The third kappa shape index (κ3) is 6.49. The third-order valence-corrected chi connectivity index (χ3v) is 5.21. The van der Waals surface area contributed by atoms with Gasteiger partial charge >= 0.3 is 0 Å². The van der Waals surface area contributed by atoms with Crippen molar-refractivity contribution >= 4 is 39.3 Å². The summed E-state index contributed by atoms with van der Waals surface area (Å²) in [5, 5.41) is 0. The van der Waals surface area contributed by atoms with Crippen LogP contribution in [-0.2, 0) is 5.75 Å². The highest BCUT2D eigenvalue weighted by Crippen LogP contribution is 2.23. The lowest BCUT2D eigenvalue weighted by molar-refractivity contribution is 0.898. The van der Waals surface area contributed by atoms with Crippen LogP contribution in [0.2, 0.25) is 0 Å². The molecule has 0 bridgehead atoms. The molecular formula is C14H20S3. The molecule has 0 aliphatic heterocycles. The summed E-state index contributed by atoms with van der Waals surface area (Å²) in [5.41, 5.74) is 4.06. The average Bonchev–Trinajstić information content (AvgIpc) is 2.25. The van der Waals surface area contributed by atoms with Crippen LogP contribution in [0.3, 0.4) is 0 Å². The number of hydrogen-bond donors (Lipinski definition) is 0. The molecule has 0 aliphatic carbocycles. The topological polar surface area (TPSA) is 0 Å². The van der Waals surface area contributed by atoms with Gasteiger partial charge in [-0.25, -0.2) is 0 Å². The molecule has 3 heteroatoms. The van der Waals surface area contributed by atoms with Gasteiger partial charge in [-0.3, -0.25) is 0 Å². The van der Waals surface area contributed by atoms with Crippen molar-refractivity contribution in [2.75, 3.05) is 5.75 Å². The molecule has 0 unspecified atom stereocenters. The zero-order valence-corrected chi connectivity index (χ0v) is 13.2. The molecule has 0 aliphatic rings. The first-order valence-electron chi connectivity index (χ1n) is 5.98. The molecule has 1 rings (SSSR count). The Labute approximate surface area is 119 Å². The van der Waals surface area contributed by atoms with Gasteiger partial charge < -0.3 is 0 Å². The van der Waals surface area contributed by atoms with E-state index in [2.05, 4.69) is 39.0 Å². The fourth-order valence-corrected chi connectivity index (χ4v) is 3.87. The first-order chi connectivity index (χ1) is 8.11. The Balaban J connectivity index is 2.36. The number of unbranched alkanes of at least 4 members (excludes halogenated alkanes) is 1. The molecule has 0 radical (unpaired) electrons. The van der Waals surface area contributed by atoms with Crippen LogP contribution in [0, 0.1) is 13.8 Å². The summed E-state index contributed by atoms with van der Waals surface area (Å²) in [6.45, 7) is 6.51. The minimum Gasteiger partial charge on any atom is -0.108 e. The van der Waals surface area contributed by atoms with E-state index >= 15 is 0 Å². The quantitative estimate of drug-likeness (QED) is 0.528. The summed E-state index contributed by atoms with van der Waals surface area (Å²) in [5.74, 6) is 2.16. The van der Waals surface area contributed by atoms with Gasteiger partial charge in [-0.2, -0.15) is 0 Å². The lowest BCUT2D eigenvalue weighted by Gasteiger charge is -2.05. The molecule has 1 aromatic carbocycles. The van der Waals surface area contributed by atoms with Gasteiger partial charge in [0.15, 0.2) is 0 Å². The summed E-state index contributed by atoms with van der Waals surface area (Å²) in [6.07, 6.45) is 2.51. The van der Waals surface area contributed by atoms with E-state index in [9.17, 15) is 0 Å². The van der Waals surface area contributed by atoms with E-state index in [1.807, 2.05) is 11.8 Å².